The molecule has 1 saturated heterocycles. The summed E-state index contributed by atoms with van der Waals surface area (Å²) in [7, 11) is 2.05. The number of hydrogen-bond acceptors (Lipinski definition) is 2. The predicted octanol–water partition coefficient (Wildman–Crippen LogP) is 4.52. The van der Waals surface area contributed by atoms with Crippen molar-refractivity contribution in [2.75, 3.05) is 18.5 Å². The first-order valence-electron chi connectivity index (χ1n) is 8.87. The molecule has 0 radical (unpaired) electrons. The van der Waals surface area contributed by atoms with Crippen LogP contribution in [-0.2, 0) is 0 Å². The molecular weight excluding hydrogens is 256 g/mol. The SMILES string of the molecule is CCC(NC)c1ccc(N2CCCC3CCCCC32)cc1. The topological polar surface area (TPSA) is 15.3 Å². The Morgan fingerprint density at radius 3 is 2.52 bits per heavy atom. The highest BCUT2D eigenvalue weighted by Crippen LogP contribution is 2.37. The average molecular weight is 286 g/mol. The molecule has 0 bridgehead atoms. The van der Waals surface area contributed by atoms with Crippen LogP contribution in [0.5, 0.6) is 0 Å². The molecule has 1 aliphatic carbocycles. The average Bonchev–Trinajstić information content (AvgIpc) is 2.56. The van der Waals surface area contributed by atoms with E-state index in [1.54, 1.807) is 0 Å². The summed E-state index contributed by atoms with van der Waals surface area (Å²) in [4.78, 5) is 2.71. The summed E-state index contributed by atoms with van der Waals surface area (Å²) in [5.41, 5.74) is 2.86. The first kappa shape index (κ1) is 14.9. The van der Waals surface area contributed by atoms with E-state index >= 15 is 0 Å². The van der Waals surface area contributed by atoms with Gasteiger partial charge in [0.25, 0.3) is 0 Å². The molecule has 1 N–H and O–H groups in total. The lowest BCUT2D eigenvalue weighted by Crippen LogP contribution is -2.46. The van der Waals surface area contributed by atoms with E-state index < -0.39 is 0 Å². The van der Waals surface area contributed by atoms with Gasteiger partial charge in [-0.15, -0.1) is 0 Å². The van der Waals surface area contributed by atoms with Gasteiger partial charge in [0, 0.05) is 24.3 Å². The summed E-state index contributed by atoms with van der Waals surface area (Å²) in [6, 6.07) is 10.7. The van der Waals surface area contributed by atoms with E-state index in [9.17, 15) is 0 Å². The van der Waals surface area contributed by atoms with Gasteiger partial charge in [-0.3, -0.25) is 0 Å². The Morgan fingerprint density at radius 2 is 1.81 bits per heavy atom. The van der Waals surface area contributed by atoms with Crippen molar-refractivity contribution in [2.45, 2.75) is 64.0 Å². The maximum absolute atomic E-state index is 3.40. The minimum absolute atomic E-state index is 0.489. The van der Waals surface area contributed by atoms with Gasteiger partial charge in [-0.05, 0) is 62.8 Å². The molecule has 1 aliphatic heterocycles. The molecule has 1 aromatic rings. The van der Waals surface area contributed by atoms with Crippen molar-refractivity contribution in [3.63, 3.8) is 0 Å². The van der Waals surface area contributed by atoms with Gasteiger partial charge in [0.1, 0.15) is 0 Å². The number of fused-ring (bicyclic) bond motifs is 1. The van der Waals surface area contributed by atoms with Crippen LogP contribution in [0.2, 0.25) is 0 Å². The molecule has 21 heavy (non-hydrogen) atoms. The molecule has 116 valence electrons. The molecule has 2 heteroatoms. The van der Waals surface area contributed by atoms with Gasteiger partial charge in [-0.25, -0.2) is 0 Å². The van der Waals surface area contributed by atoms with Crippen LogP contribution in [0.15, 0.2) is 24.3 Å². The standard InChI is InChI=1S/C19H30N2/c1-3-18(20-2)15-10-12-17(13-11-15)21-14-6-8-16-7-4-5-9-19(16)21/h10-13,16,18-20H,3-9,14H2,1-2H3. The van der Waals surface area contributed by atoms with Crippen molar-refractivity contribution < 1.29 is 0 Å². The highest BCUT2D eigenvalue weighted by Gasteiger charge is 2.33. The number of nitrogens with one attached hydrogen (secondary N) is 1. The van der Waals surface area contributed by atoms with Crippen molar-refractivity contribution in [1.82, 2.24) is 5.32 Å². The molecule has 1 saturated carbocycles. The molecule has 0 spiro atoms. The minimum Gasteiger partial charge on any atom is -0.368 e. The van der Waals surface area contributed by atoms with Gasteiger partial charge >= 0.3 is 0 Å². The van der Waals surface area contributed by atoms with E-state index in [4.69, 9.17) is 0 Å². The second-order valence-electron chi connectivity index (χ2n) is 6.79. The van der Waals surface area contributed by atoms with Gasteiger partial charge in [0.15, 0.2) is 0 Å². The molecule has 1 aromatic carbocycles. The van der Waals surface area contributed by atoms with Crippen molar-refractivity contribution >= 4 is 5.69 Å². The lowest BCUT2D eigenvalue weighted by Gasteiger charge is -2.45. The van der Waals surface area contributed by atoms with Crippen molar-refractivity contribution in [1.29, 1.82) is 0 Å². The third-order valence-corrected chi connectivity index (χ3v) is 5.63. The second kappa shape index (κ2) is 6.83. The summed E-state index contributed by atoms with van der Waals surface area (Å²) >= 11 is 0. The number of piperidine rings is 1. The molecule has 3 atom stereocenters. The molecule has 3 unspecified atom stereocenters. The van der Waals surface area contributed by atoms with E-state index in [-0.39, 0.29) is 0 Å². The van der Waals surface area contributed by atoms with Gasteiger partial charge in [0.2, 0.25) is 0 Å². The van der Waals surface area contributed by atoms with Crippen LogP contribution in [0.25, 0.3) is 0 Å². The largest absolute Gasteiger partial charge is 0.368 e. The summed E-state index contributed by atoms with van der Waals surface area (Å²) in [5, 5.41) is 3.40. The number of rotatable bonds is 4. The van der Waals surface area contributed by atoms with Crippen LogP contribution < -0.4 is 10.2 Å². The molecule has 0 aromatic heterocycles. The van der Waals surface area contributed by atoms with E-state index in [1.807, 2.05) is 0 Å². The highest BCUT2D eigenvalue weighted by atomic mass is 15.2. The number of anilines is 1. The third-order valence-electron chi connectivity index (χ3n) is 5.63. The minimum atomic E-state index is 0.489. The molecule has 2 aliphatic rings. The van der Waals surface area contributed by atoms with E-state index in [0.29, 0.717) is 6.04 Å². The Balaban J connectivity index is 1.76. The summed E-state index contributed by atoms with van der Waals surface area (Å²) in [6.07, 6.45) is 9.71. The summed E-state index contributed by atoms with van der Waals surface area (Å²) in [6.45, 7) is 3.50. The zero-order valence-corrected chi connectivity index (χ0v) is 13.6. The Morgan fingerprint density at radius 1 is 1.10 bits per heavy atom. The first-order valence-corrected chi connectivity index (χ1v) is 8.87. The number of hydrogen-bond donors (Lipinski definition) is 1. The first-order chi connectivity index (χ1) is 10.3. The Kier molecular flexibility index (Phi) is 4.84. The number of nitrogens with zero attached hydrogens (tertiary/aromatic N) is 1. The Bertz CT molecular complexity index is 433. The highest BCUT2D eigenvalue weighted by molar-refractivity contribution is 5.49. The van der Waals surface area contributed by atoms with Gasteiger partial charge < -0.3 is 10.2 Å². The van der Waals surface area contributed by atoms with Crippen molar-refractivity contribution in [3.05, 3.63) is 29.8 Å². The lowest BCUT2D eigenvalue weighted by atomic mass is 9.78. The van der Waals surface area contributed by atoms with Gasteiger partial charge in [-0.1, -0.05) is 31.9 Å². The monoisotopic (exact) mass is 286 g/mol. The molecule has 2 fully saturated rings. The zero-order chi connectivity index (χ0) is 14.7. The lowest BCUT2D eigenvalue weighted by molar-refractivity contribution is 0.244. The van der Waals surface area contributed by atoms with Gasteiger partial charge in [0.05, 0.1) is 0 Å². The zero-order valence-electron chi connectivity index (χ0n) is 13.6. The van der Waals surface area contributed by atoms with Crippen molar-refractivity contribution in [2.24, 2.45) is 5.92 Å². The predicted molar refractivity (Wildman–Crippen MR) is 90.9 cm³/mol. The molecular formula is C19H30N2. The fourth-order valence-electron chi connectivity index (χ4n) is 4.45. The maximum Gasteiger partial charge on any atom is 0.0369 e. The van der Waals surface area contributed by atoms with Crippen LogP contribution in [0.4, 0.5) is 5.69 Å². The molecule has 0 amide bonds. The van der Waals surface area contributed by atoms with E-state index in [0.717, 1.165) is 18.4 Å². The van der Waals surface area contributed by atoms with Crippen LogP contribution in [0.1, 0.15) is 63.5 Å². The number of benzene rings is 1. The van der Waals surface area contributed by atoms with Crippen LogP contribution >= 0.6 is 0 Å². The summed E-state index contributed by atoms with van der Waals surface area (Å²) in [5.74, 6) is 0.952. The van der Waals surface area contributed by atoms with Crippen LogP contribution in [0, 0.1) is 5.92 Å². The van der Waals surface area contributed by atoms with Crippen LogP contribution in [0.3, 0.4) is 0 Å². The van der Waals surface area contributed by atoms with Crippen LogP contribution in [-0.4, -0.2) is 19.6 Å². The second-order valence-corrected chi connectivity index (χ2v) is 6.79. The molecule has 1 heterocycles. The normalized spacial score (nSPS) is 27.2. The van der Waals surface area contributed by atoms with Crippen molar-refractivity contribution in [3.8, 4) is 0 Å². The Labute approximate surface area is 129 Å². The summed E-state index contributed by atoms with van der Waals surface area (Å²) < 4.78 is 0. The Hall–Kier alpha value is -1.02. The molecule has 2 nitrogen and oxygen atoms in total. The third kappa shape index (κ3) is 3.11. The van der Waals surface area contributed by atoms with E-state index in [2.05, 4.69) is 48.5 Å². The van der Waals surface area contributed by atoms with E-state index in [1.165, 1.54) is 56.3 Å². The molecule has 3 rings (SSSR count). The smallest absolute Gasteiger partial charge is 0.0369 e. The fraction of sp³-hybridized carbons (Fsp3) is 0.684. The maximum atomic E-state index is 3.40. The fourth-order valence-corrected chi connectivity index (χ4v) is 4.45. The quantitative estimate of drug-likeness (QED) is 0.875. The van der Waals surface area contributed by atoms with Gasteiger partial charge in [-0.2, -0.15) is 0 Å².